The van der Waals surface area contributed by atoms with Crippen LogP contribution in [0.25, 0.3) is 5.52 Å². The van der Waals surface area contributed by atoms with Crippen molar-refractivity contribution in [2.75, 3.05) is 39.1 Å². The van der Waals surface area contributed by atoms with E-state index in [-0.39, 0.29) is 11.7 Å². The number of hydrogen-bond donors (Lipinski definition) is 0. The second-order valence-electron chi connectivity index (χ2n) is 7.60. The summed E-state index contributed by atoms with van der Waals surface area (Å²) in [5, 5.41) is 0. The monoisotopic (exact) mass is 380 g/mol. The molecular weight excluding hydrogens is 355 g/mol. The van der Waals surface area contributed by atoms with Crippen LogP contribution in [0, 0.1) is 5.82 Å². The molecule has 0 radical (unpaired) electrons. The zero-order chi connectivity index (χ0) is 19.8. The summed E-state index contributed by atoms with van der Waals surface area (Å²) < 4.78 is 15.3. The highest BCUT2D eigenvalue weighted by atomic mass is 19.1. The van der Waals surface area contributed by atoms with Crippen molar-refractivity contribution in [3.63, 3.8) is 0 Å². The predicted octanol–water partition coefficient (Wildman–Crippen LogP) is 3.62. The number of halogens is 1. The normalized spacial score (nSPS) is 16.9. The average Bonchev–Trinajstić information content (AvgIpc) is 3.34. The van der Waals surface area contributed by atoms with Crippen LogP contribution in [0.1, 0.15) is 16.8 Å². The molecule has 3 aromatic rings. The van der Waals surface area contributed by atoms with E-state index in [9.17, 15) is 9.18 Å². The van der Waals surface area contributed by atoms with Crippen molar-refractivity contribution in [1.29, 1.82) is 0 Å². The number of likely N-dealkylation sites (N-methyl/N-ethyl adjacent to an activating group) is 1. The van der Waals surface area contributed by atoms with Crippen LogP contribution < -0.4 is 4.90 Å². The molecule has 0 spiro atoms. The summed E-state index contributed by atoms with van der Waals surface area (Å²) in [6.45, 7) is 1.55. The molecule has 1 aliphatic heterocycles. The third kappa shape index (κ3) is 3.36. The Labute approximate surface area is 164 Å². The van der Waals surface area contributed by atoms with E-state index < -0.39 is 0 Å². The molecule has 0 N–H and O–H groups in total. The van der Waals surface area contributed by atoms with Gasteiger partial charge in [-0.1, -0.05) is 0 Å². The first-order valence-electron chi connectivity index (χ1n) is 9.50. The zero-order valence-corrected chi connectivity index (χ0v) is 16.5. The van der Waals surface area contributed by atoms with E-state index in [0.717, 1.165) is 36.5 Å². The van der Waals surface area contributed by atoms with Crippen LogP contribution in [0.5, 0.6) is 0 Å². The summed E-state index contributed by atoms with van der Waals surface area (Å²) in [4.78, 5) is 19.1. The standard InChI is InChI=1S/C22H25FN4O/c1-24(2)20-12-13-26(15-20)22(28)16-4-7-19-10-11-21(27(19)14-16)25(3)18-8-5-17(23)6-9-18/h4-11,14,20H,12-13,15H2,1-3H3. The molecule has 146 valence electrons. The molecule has 1 saturated heterocycles. The molecule has 1 atom stereocenters. The second-order valence-corrected chi connectivity index (χ2v) is 7.60. The number of rotatable bonds is 4. The third-order valence-electron chi connectivity index (χ3n) is 5.62. The van der Waals surface area contributed by atoms with Gasteiger partial charge in [0.2, 0.25) is 0 Å². The van der Waals surface area contributed by atoms with Gasteiger partial charge in [0.25, 0.3) is 5.91 Å². The lowest BCUT2D eigenvalue weighted by Gasteiger charge is -2.21. The van der Waals surface area contributed by atoms with Gasteiger partial charge in [0, 0.05) is 43.6 Å². The molecule has 1 aliphatic rings. The largest absolute Gasteiger partial charge is 0.337 e. The number of aromatic nitrogens is 1. The maximum absolute atomic E-state index is 13.2. The van der Waals surface area contributed by atoms with E-state index in [1.54, 1.807) is 12.1 Å². The SMILES string of the molecule is CN(c1ccc(F)cc1)c1ccc2ccc(C(=O)N3CCC(N(C)C)C3)cn12. The Bertz CT molecular complexity index is 995. The van der Waals surface area contributed by atoms with Crippen molar-refractivity contribution in [3.8, 4) is 0 Å². The lowest BCUT2D eigenvalue weighted by molar-refractivity contribution is 0.0782. The minimum atomic E-state index is -0.258. The van der Waals surface area contributed by atoms with E-state index in [1.165, 1.54) is 12.1 Å². The summed E-state index contributed by atoms with van der Waals surface area (Å²) in [6.07, 6.45) is 2.90. The number of amides is 1. The fraction of sp³-hybridized carbons (Fsp3) is 0.318. The number of hydrogen-bond acceptors (Lipinski definition) is 3. The minimum absolute atomic E-state index is 0.0651. The number of benzene rings is 1. The quantitative estimate of drug-likeness (QED) is 0.693. The number of fused-ring (bicyclic) bond motifs is 1. The Hall–Kier alpha value is -2.86. The molecular formula is C22H25FN4O. The van der Waals surface area contributed by atoms with Crippen LogP contribution >= 0.6 is 0 Å². The van der Waals surface area contributed by atoms with Crippen LogP contribution in [-0.4, -0.2) is 60.4 Å². The summed E-state index contributed by atoms with van der Waals surface area (Å²) in [7, 11) is 6.05. The van der Waals surface area contributed by atoms with Crippen LogP contribution in [0.15, 0.2) is 54.7 Å². The molecule has 4 rings (SSSR count). The molecule has 1 unspecified atom stereocenters. The van der Waals surface area contributed by atoms with Gasteiger partial charge in [0.05, 0.1) is 5.56 Å². The molecule has 0 aliphatic carbocycles. The molecule has 5 nitrogen and oxygen atoms in total. The Kier molecular flexibility index (Phi) is 4.81. The van der Waals surface area contributed by atoms with Gasteiger partial charge in [-0.3, -0.25) is 4.79 Å². The van der Waals surface area contributed by atoms with Crippen molar-refractivity contribution < 1.29 is 9.18 Å². The fourth-order valence-corrected chi connectivity index (χ4v) is 3.81. The van der Waals surface area contributed by atoms with E-state index in [1.807, 2.05) is 51.7 Å². The average molecular weight is 380 g/mol. The van der Waals surface area contributed by atoms with Crippen molar-refractivity contribution in [2.45, 2.75) is 12.5 Å². The highest BCUT2D eigenvalue weighted by molar-refractivity contribution is 5.94. The second kappa shape index (κ2) is 7.28. The molecule has 0 saturated carbocycles. The van der Waals surface area contributed by atoms with Gasteiger partial charge in [-0.2, -0.15) is 0 Å². The number of carbonyl (C=O) groups is 1. The summed E-state index contributed by atoms with van der Waals surface area (Å²) in [5.74, 6) is 0.728. The number of anilines is 2. The number of nitrogens with zero attached hydrogens (tertiary/aromatic N) is 4. The smallest absolute Gasteiger partial charge is 0.255 e. The molecule has 6 heteroatoms. The maximum Gasteiger partial charge on any atom is 0.255 e. The predicted molar refractivity (Wildman–Crippen MR) is 110 cm³/mol. The third-order valence-corrected chi connectivity index (χ3v) is 5.62. The highest BCUT2D eigenvalue weighted by Crippen LogP contribution is 2.27. The molecule has 3 heterocycles. The Balaban J connectivity index is 1.63. The summed E-state index contributed by atoms with van der Waals surface area (Å²) in [6, 6.07) is 14.7. The first-order valence-corrected chi connectivity index (χ1v) is 9.50. The van der Waals surface area contributed by atoms with Crippen LogP contribution in [-0.2, 0) is 0 Å². The number of carbonyl (C=O) groups excluding carboxylic acids is 1. The van der Waals surface area contributed by atoms with Crippen molar-refractivity contribution in [2.24, 2.45) is 0 Å². The molecule has 1 aromatic carbocycles. The zero-order valence-electron chi connectivity index (χ0n) is 16.5. The summed E-state index contributed by atoms with van der Waals surface area (Å²) in [5.41, 5.74) is 2.57. The molecule has 1 fully saturated rings. The first-order chi connectivity index (χ1) is 13.4. The first kappa shape index (κ1) is 18.5. The topological polar surface area (TPSA) is 31.2 Å². The van der Waals surface area contributed by atoms with Gasteiger partial charge in [0.1, 0.15) is 11.6 Å². The molecule has 1 amide bonds. The van der Waals surface area contributed by atoms with Crippen molar-refractivity contribution >= 4 is 22.9 Å². The van der Waals surface area contributed by atoms with Gasteiger partial charge >= 0.3 is 0 Å². The van der Waals surface area contributed by atoms with Gasteiger partial charge in [0.15, 0.2) is 0 Å². The van der Waals surface area contributed by atoms with Crippen LogP contribution in [0.4, 0.5) is 15.9 Å². The molecule has 28 heavy (non-hydrogen) atoms. The lowest BCUT2D eigenvalue weighted by atomic mass is 10.2. The lowest BCUT2D eigenvalue weighted by Crippen LogP contribution is -2.34. The van der Waals surface area contributed by atoms with E-state index in [4.69, 9.17) is 0 Å². The van der Waals surface area contributed by atoms with Crippen molar-refractivity contribution in [3.05, 3.63) is 66.1 Å². The maximum atomic E-state index is 13.2. The van der Waals surface area contributed by atoms with Gasteiger partial charge < -0.3 is 19.1 Å². The number of pyridine rings is 1. The van der Waals surface area contributed by atoms with E-state index >= 15 is 0 Å². The van der Waals surface area contributed by atoms with Gasteiger partial charge in [-0.05, 0) is 69.0 Å². The Morgan fingerprint density at radius 2 is 1.75 bits per heavy atom. The van der Waals surface area contributed by atoms with Crippen molar-refractivity contribution in [1.82, 2.24) is 14.2 Å². The Morgan fingerprint density at radius 3 is 2.43 bits per heavy atom. The summed E-state index contributed by atoms with van der Waals surface area (Å²) >= 11 is 0. The molecule has 0 bridgehead atoms. The minimum Gasteiger partial charge on any atom is -0.337 e. The van der Waals surface area contributed by atoms with Gasteiger partial charge in [-0.25, -0.2) is 4.39 Å². The Morgan fingerprint density at radius 1 is 1.04 bits per heavy atom. The van der Waals surface area contributed by atoms with Crippen LogP contribution in [0.2, 0.25) is 0 Å². The number of likely N-dealkylation sites (tertiary alicyclic amines) is 1. The highest BCUT2D eigenvalue weighted by Gasteiger charge is 2.28. The van der Waals surface area contributed by atoms with Crippen LogP contribution in [0.3, 0.4) is 0 Å². The van der Waals surface area contributed by atoms with E-state index in [0.29, 0.717) is 11.6 Å². The molecule has 2 aromatic heterocycles. The fourth-order valence-electron chi connectivity index (χ4n) is 3.81. The van der Waals surface area contributed by atoms with E-state index in [2.05, 4.69) is 19.0 Å². The van der Waals surface area contributed by atoms with Gasteiger partial charge in [-0.15, -0.1) is 0 Å².